The minimum absolute atomic E-state index is 0.260. The number of rotatable bonds is 7. The van der Waals surface area contributed by atoms with Gasteiger partial charge in [-0.05, 0) is 44.5 Å². The highest BCUT2D eigenvalue weighted by Gasteiger charge is 1.96. The zero-order valence-corrected chi connectivity index (χ0v) is 10.1. The summed E-state index contributed by atoms with van der Waals surface area (Å²) >= 11 is 0. The first-order valence-corrected chi connectivity index (χ1v) is 5.76. The molecule has 0 unspecified atom stereocenters. The van der Waals surface area contributed by atoms with Crippen molar-refractivity contribution >= 4 is 0 Å². The zero-order chi connectivity index (χ0) is 11.8. The predicted molar refractivity (Wildman–Crippen MR) is 65.8 cm³/mol. The lowest BCUT2D eigenvalue weighted by atomic mass is 10.1. The number of hydrogen-bond donors (Lipinski definition) is 1. The zero-order valence-electron chi connectivity index (χ0n) is 10.1. The Labute approximate surface area is 97.6 Å². The van der Waals surface area contributed by atoms with Crippen molar-refractivity contribution in [2.45, 2.75) is 26.4 Å². The first-order chi connectivity index (χ1) is 7.72. The van der Waals surface area contributed by atoms with Gasteiger partial charge in [-0.3, -0.25) is 0 Å². The fourth-order valence-electron chi connectivity index (χ4n) is 1.36. The van der Waals surface area contributed by atoms with Gasteiger partial charge < -0.3 is 15.2 Å². The average Bonchev–Trinajstić information content (AvgIpc) is 2.27. The number of benzene rings is 1. The molecular weight excluding hydrogens is 202 g/mol. The number of nitrogens with two attached hydrogens (primary N) is 1. The van der Waals surface area contributed by atoms with Crippen LogP contribution >= 0.6 is 0 Å². The average molecular weight is 223 g/mol. The van der Waals surface area contributed by atoms with Gasteiger partial charge in [0.1, 0.15) is 12.4 Å². The van der Waals surface area contributed by atoms with Crippen LogP contribution in [0.4, 0.5) is 0 Å². The van der Waals surface area contributed by atoms with Crippen molar-refractivity contribution in [1.82, 2.24) is 0 Å². The van der Waals surface area contributed by atoms with E-state index in [9.17, 15) is 0 Å². The minimum atomic E-state index is 0.260. The number of ether oxygens (including phenoxy) is 2. The third kappa shape index (κ3) is 5.14. The molecule has 0 saturated carbocycles. The molecule has 0 aromatic heterocycles. The molecule has 0 aliphatic heterocycles. The highest BCUT2D eigenvalue weighted by molar-refractivity contribution is 5.27. The van der Waals surface area contributed by atoms with Gasteiger partial charge in [0.05, 0.1) is 12.7 Å². The Kier molecular flexibility index (Phi) is 5.90. The van der Waals surface area contributed by atoms with E-state index in [-0.39, 0.29) is 6.10 Å². The molecule has 0 saturated heterocycles. The van der Waals surface area contributed by atoms with E-state index in [4.69, 9.17) is 15.2 Å². The van der Waals surface area contributed by atoms with Crippen molar-refractivity contribution in [1.29, 1.82) is 0 Å². The standard InChI is InChI=1S/C13H21NO2/c1-11(2)15-9-10-16-13-5-3-12(4-6-13)7-8-14/h3-6,11H,7-10,14H2,1-2H3. The van der Waals surface area contributed by atoms with E-state index < -0.39 is 0 Å². The molecule has 0 atom stereocenters. The largest absolute Gasteiger partial charge is 0.491 e. The summed E-state index contributed by atoms with van der Waals surface area (Å²) in [5, 5.41) is 0. The molecule has 0 aliphatic rings. The van der Waals surface area contributed by atoms with Crippen molar-refractivity contribution in [2.75, 3.05) is 19.8 Å². The van der Waals surface area contributed by atoms with E-state index in [1.54, 1.807) is 0 Å². The van der Waals surface area contributed by atoms with Crippen LogP contribution < -0.4 is 10.5 Å². The van der Waals surface area contributed by atoms with Crippen LogP contribution in [0.25, 0.3) is 0 Å². The summed E-state index contributed by atoms with van der Waals surface area (Å²) < 4.78 is 10.9. The van der Waals surface area contributed by atoms with Gasteiger partial charge in [0.2, 0.25) is 0 Å². The highest BCUT2D eigenvalue weighted by Crippen LogP contribution is 2.12. The molecule has 90 valence electrons. The predicted octanol–water partition coefficient (Wildman–Crippen LogP) is 1.99. The van der Waals surface area contributed by atoms with E-state index in [1.165, 1.54) is 5.56 Å². The fraction of sp³-hybridized carbons (Fsp3) is 0.538. The van der Waals surface area contributed by atoms with Gasteiger partial charge in [-0.2, -0.15) is 0 Å². The quantitative estimate of drug-likeness (QED) is 0.719. The van der Waals surface area contributed by atoms with Gasteiger partial charge >= 0.3 is 0 Å². The smallest absolute Gasteiger partial charge is 0.119 e. The molecule has 1 aromatic rings. The Balaban J connectivity index is 2.26. The summed E-state index contributed by atoms with van der Waals surface area (Å²) in [6.45, 7) is 5.93. The fourth-order valence-corrected chi connectivity index (χ4v) is 1.36. The van der Waals surface area contributed by atoms with E-state index in [0.717, 1.165) is 12.2 Å². The van der Waals surface area contributed by atoms with Crippen molar-refractivity contribution < 1.29 is 9.47 Å². The molecule has 0 bridgehead atoms. The lowest BCUT2D eigenvalue weighted by Crippen LogP contribution is -2.11. The molecule has 3 heteroatoms. The van der Waals surface area contributed by atoms with Gasteiger partial charge in [-0.25, -0.2) is 0 Å². The molecule has 0 fully saturated rings. The molecule has 0 aliphatic carbocycles. The van der Waals surface area contributed by atoms with E-state index in [1.807, 2.05) is 38.1 Å². The molecule has 0 radical (unpaired) electrons. The molecule has 3 nitrogen and oxygen atoms in total. The Morgan fingerprint density at radius 2 is 1.81 bits per heavy atom. The van der Waals surface area contributed by atoms with Crippen molar-refractivity contribution in [3.63, 3.8) is 0 Å². The lowest BCUT2D eigenvalue weighted by molar-refractivity contribution is 0.0552. The van der Waals surface area contributed by atoms with Crippen LogP contribution in [0, 0.1) is 0 Å². The third-order valence-corrected chi connectivity index (χ3v) is 2.16. The maximum Gasteiger partial charge on any atom is 0.119 e. The molecule has 0 spiro atoms. The van der Waals surface area contributed by atoms with Crippen LogP contribution in [0.2, 0.25) is 0 Å². The topological polar surface area (TPSA) is 44.5 Å². The van der Waals surface area contributed by atoms with E-state index in [2.05, 4.69) is 0 Å². The van der Waals surface area contributed by atoms with Crippen molar-refractivity contribution in [2.24, 2.45) is 5.73 Å². The van der Waals surface area contributed by atoms with Crippen LogP contribution in [0.1, 0.15) is 19.4 Å². The van der Waals surface area contributed by atoms with Gasteiger partial charge in [-0.15, -0.1) is 0 Å². The summed E-state index contributed by atoms with van der Waals surface area (Å²) in [5.41, 5.74) is 6.72. The minimum Gasteiger partial charge on any atom is -0.491 e. The molecule has 2 N–H and O–H groups in total. The van der Waals surface area contributed by atoms with Gasteiger partial charge in [0.25, 0.3) is 0 Å². The maximum atomic E-state index is 5.53. The monoisotopic (exact) mass is 223 g/mol. The Bertz CT molecular complexity index is 282. The maximum absolute atomic E-state index is 5.53. The molecule has 0 amide bonds. The van der Waals surface area contributed by atoms with Crippen LogP contribution in [-0.2, 0) is 11.2 Å². The summed E-state index contributed by atoms with van der Waals surface area (Å²) in [7, 11) is 0. The van der Waals surface area contributed by atoms with Crippen LogP contribution in [-0.4, -0.2) is 25.9 Å². The SMILES string of the molecule is CC(C)OCCOc1ccc(CCN)cc1. The van der Waals surface area contributed by atoms with Crippen molar-refractivity contribution in [3.05, 3.63) is 29.8 Å². The molecule has 1 rings (SSSR count). The first kappa shape index (κ1) is 13.0. The summed E-state index contributed by atoms with van der Waals surface area (Å²) in [6, 6.07) is 8.04. The van der Waals surface area contributed by atoms with E-state index in [0.29, 0.717) is 19.8 Å². The highest BCUT2D eigenvalue weighted by atomic mass is 16.5. The molecular formula is C13H21NO2. The van der Waals surface area contributed by atoms with Gasteiger partial charge in [0.15, 0.2) is 0 Å². The van der Waals surface area contributed by atoms with Gasteiger partial charge in [0, 0.05) is 0 Å². The Morgan fingerprint density at radius 3 is 2.38 bits per heavy atom. The summed E-state index contributed by atoms with van der Waals surface area (Å²) in [4.78, 5) is 0. The summed E-state index contributed by atoms with van der Waals surface area (Å²) in [5.74, 6) is 0.883. The Hall–Kier alpha value is -1.06. The second kappa shape index (κ2) is 7.25. The lowest BCUT2D eigenvalue weighted by Gasteiger charge is -2.09. The van der Waals surface area contributed by atoms with Crippen molar-refractivity contribution in [3.8, 4) is 5.75 Å². The normalized spacial score (nSPS) is 10.8. The first-order valence-electron chi connectivity index (χ1n) is 5.76. The van der Waals surface area contributed by atoms with Crippen LogP contribution in [0.15, 0.2) is 24.3 Å². The van der Waals surface area contributed by atoms with E-state index >= 15 is 0 Å². The second-order valence-corrected chi connectivity index (χ2v) is 3.95. The third-order valence-electron chi connectivity index (χ3n) is 2.16. The van der Waals surface area contributed by atoms with Crippen LogP contribution in [0.3, 0.4) is 0 Å². The molecule has 0 heterocycles. The molecule has 16 heavy (non-hydrogen) atoms. The second-order valence-electron chi connectivity index (χ2n) is 3.95. The summed E-state index contributed by atoms with van der Waals surface area (Å²) in [6.07, 6.45) is 1.17. The molecule has 1 aromatic carbocycles. The van der Waals surface area contributed by atoms with Crippen LogP contribution in [0.5, 0.6) is 5.75 Å². The number of hydrogen-bond acceptors (Lipinski definition) is 3. The van der Waals surface area contributed by atoms with Gasteiger partial charge in [-0.1, -0.05) is 12.1 Å². The Morgan fingerprint density at radius 1 is 1.12 bits per heavy atom.